The molecule has 0 radical (unpaired) electrons. The average Bonchev–Trinajstić information content (AvgIpc) is 1.57. The Morgan fingerprint density at radius 3 is 0.758 bits per heavy atom. The van der Waals surface area contributed by atoms with E-state index in [-0.39, 0.29) is 0 Å². The maximum Gasteiger partial charge on any atom is 0.296 e. The Kier molecular flexibility index (Phi) is 28.4. The van der Waals surface area contributed by atoms with Crippen molar-refractivity contribution >= 4 is 22.1 Å². The Balaban J connectivity index is 0.000000135. The summed E-state index contributed by atoms with van der Waals surface area (Å²) in [6, 6.07) is 101. The van der Waals surface area contributed by atoms with Gasteiger partial charge in [0.1, 0.15) is 47.5 Å². The molecule has 18 rings (SSSR count). The van der Waals surface area contributed by atoms with Crippen LogP contribution in [0.3, 0.4) is 0 Å². The third kappa shape index (κ3) is 18.9. The summed E-state index contributed by atoms with van der Waals surface area (Å²) in [6.45, 7) is 45.6. The van der Waals surface area contributed by atoms with Gasteiger partial charge < -0.3 is 0 Å². The average molecular weight is 1740 g/mol. The fourth-order valence-electron chi connectivity index (χ4n) is 19.2. The van der Waals surface area contributed by atoms with Crippen LogP contribution < -0.4 is 18.3 Å². The highest BCUT2D eigenvalue weighted by atomic mass is 15.2. The minimum atomic E-state index is 0.362. The third-order valence-corrected chi connectivity index (χ3v) is 26.4. The van der Waals surface area contributed by atoms with Gasteiger partial charge in [-0.25, -0.2) is 18.3 Å². The molecule has 0 saturated heterocycles. The first-order chi connectivity index (χ1) is 63.5. The van der Waals surface area contributed by atoms with E-state index in [2.05, 4.69) is 517 Å². The first-order valence-electron chi connectivity index (χ1n) is 47.5. The minimum absolute atomic E-state index is 0.362. The van der Waals surface area contributed by atoms with Gasteiger partial charge in [0.05, 0.1) is 50.4 Å². The molecular formula is C122H134N10+4. The molecule has 668 valence electrons. The second-order valence-corrected chi connectivity index (χ2v) is 38.3. The Bertz CT molecular complexity index is 6560. The van der Waals surface area contributed by atoms with Crippen LogP contribution in [0.25, 0.3) is 135 Å². The monoisotopic (exact) mass is 1740 g/mol. The van der Waals surface area contributed by atoms with Gasteiger partial charge in [0.25, 0.3) is 23.3 Å². The lowest BCUT2D eigenvalue weighted by Crippen LogP contribution is -2.30. The summed E-state index contributed by atoms with van der Waals surface area (Å²) in [4.78, 5) is 8.93. The first kappa shape index (κ1) is 93.0. The van der Waals surface area contributed by atoms with Crippen molar-refractivity contribution in [2.45, 2.75) is 186 Å². The number of aryl methyl sites for hydroxylation is 8. The smallest absolute Gasteiger partial charge is 0.264 e. The summed E-state index contributed by atoms with van der Waals surface area (Å²) in [6.07, 6.45) is 16.4. The molecule has 0 fully saturated rings. The van der Waals surface area contributed by atoms with Crippen molar-refractivity contribution in [2.75, 3.05) is 0 Å². The molecule has 0 spiro atoms. The van der Waals surface area contributed by atoms with Gasteiger partial charge in [0.15, 0.2) is 22.1 Å². The normalized spacial score (nSPS) is 11.6. The highest BCUT2D eigenvalue weighted by Crippen LogP contribution is 2.46. The predicted molar refractivity (Wildman–Crippen MR) is 554 cm³/mol. The van der Waals surface area contributed by atoms with E-state index in [4.69, 9.17) is 0 Å². The van der Waals surface area contributed by atoms with Crippen molar-refractivity contribution < 1.29 is 18.3 Å². The number of para-hydroxylation sites is 4. The molecule has 6 heterocycles. The summed E-state index contributed by atoms with van der Waals surface area (Å²) in [5, 5.41) is 0. The molecule has 0 unspecified atom stereocenters. The Labute approximate surface area is 785 Å². The van der Waals surface area contributed by atoms with Gasteiger partial charge in [0.2, 0.25) is 0 Å². The quantitative estimate of drug-likeness (QED) is 0.0714. The second kappa shape index (κ2) is 40.3. The highest BCUT2D eigenvalue weighted by Gasteiger charge is 2.37. The summed E-state index contributed by atoms with van der Waals surface area (Å²) in [5.74, 6) is 7.84. The van der Waals surface area contributed by atoms with E-state index >= 15 is 0 Å². The van der Waals surface area contributed by atoms with Crippen LogP contribution in [0.2, 0.25) is 0 Å². The highest BCUT2D eigenvalue weighted by molar-refractivity contribution is 5.85. The molecule has 6 aromatic heterocycles. The molecule has 0 aliphatic heterocycles. The number of benzene rings is 12. The fraction of sp³-hybridized carbons (Fsp3) is 0.262. The van der Waals surface area contributed by atoms with E-state index in [1.54, 1.807) is 0 Å². The maximum atomic E-state index is 4.51. The Morgan fingerprint density at radius 1 is 0.235 bits per heavy atom. The maximum absolute atomic E-state index is 4.51. The number of hydrogen-bond donors (Lipinski definition) is 0. The van der Waals surface area contributed by atoms with E-state index < -0.39 is 0 Å². The molecule has 0 N–H and O–H groups in total. The number of nitrogens with zero attached hydrogens (tertiary/aromatic N) is 10. The van der Waals surface area contributed by atoms with E-state index in [1.165, 1.54) is 179 Å². The van der Waals surface area contributed by atoms with Crippen LogP contribution in [-0.2, 0) is 28.2 Å². The number of aromatic nitrogens is 10. The zero-order valence-electron chi connectivity index (χ0n) is 82.3. The van der Waals surface area contributed by atoms with Crippen molar-refractivity contribution in [3.8, 4) is 113 Å². The predicted octanol–water partition coefficient (Wildman–Crippen LogP) is 29.9. The molecule has 0 atom stereocenters. The second-order valence-electron chi connectivity index (χ2n) is 38.3. The number of imidazole rings is 4. The topological polar surface area (TPSA) is 61.0 Å². The molecule has 132 heavy (non-hydrogen) atoms. The van der Waals surface area contributed by atoms with Crippen molar-refractivity contribution in [1.82, 2.24) is 28.2 Å². The Morgan fingerprint density at radius 2 is 0.470 bits per heavy atom. The number of fused-ring (bicyclic) bond motifs is 2. The van der Waals surface area contributed by atoms with Crippen LogP contribution in [0.1, 0.15) is 225 Å². The lowest BCUT2D eigenvalue weighted by molar-refractivity contribution is -0.659. The van der Waals surface area contributed by atoms with Crippen LogP contribution in [0.5, 0.6) is 0 Å². The van der Waals surface area contributed by atoms with Gasteiger partial charge in [-0.3, -0.25) is 9.97 Å². The molecule has 0 bridgehead atoms. The molecule has 10 nitrogen and oxygen atoms in total. The first-order valence-corrected chi connectivity index (χ1v) is 47.5. The van der Waals surface area contributed by atoms with Gasteiger partial charge in [-0.05, 0) is 239 Å². The van der Waals surface area contributed by atoms with Gasteiger partial charge >= 0.3 is 0 Å². The standard InChI is InChI=1S/C33H35N2.C32H34N3.C29H33N2.C28H32N3/c1-22(2)28-20-26(25-15-8-7-9-16-25)21-29(23(3)4)32(28)35-31-19-13-12-18-30(31)34(6)33(35)27-17-11-10-14-24(27)5;1-21(2)26-18-25(24-12-8-7-9-13-24)19-27(22(3)4)31(26)35-30-15-11-10-14-29(30)34(6)32(35)28-20-33-17-16-23(28)5;1-20(2)26-18-24(23-13-8-7-9-14-23)19-27(21(3)4)28(26)31-17-16-30(6)29(31)25-15-11-10-12-22(25)5;1-19(2)24-16-23(22-10-8-7-9-11-22)17-25(20(3)4)27(24)31-15-14-30(6)28(31)26-18-29-13-12-21(26)5/h7-23H,1-6H3;7-22H,1-6H3;7-21H,1-6H3;7-20H,1-6H3/q4*+1. The number of pyridine rings is 2. The van der Waals surface area contributed by atoms with E-state index in [1.807, 2.05) is 24.8 Å². The molecule has 10 heteroatoms. The zero-order valence-corrected chi connectivity index (χ0v) is 82.3. The fourth-order valence-corrected chi connectivity index (χ4v) is 19.2. The third-order valence-electron chi connectivity index (χ3n) is 26.4. The van der Waals surface area contributed by atoms with E-state index in [0.29, 0.717) is 47.3 Å². The zero-order chi connectivity index (χ0) is 93.6. The molecule has 0 amide bonds. The van der Waals surface area contributed by atoms with Crippen LogP contribution in [0.15, 0.2) is 329 Å². The van der Waals surface area contributed by atoms with Gasteiger partial charge in [0, 0.05) is 69.3 Å². The van der Waals surface area contributed by atoms with Crippen LogP contribution in [0, 0.1) is 27.7 Å². The van der Waals surface area contributed by atoms with Gasteiger partial charge in [-0.1, -0.05) is 293 Å². The van der Waals surface area contributed by atoms with E-state index in [0.717, 1.165) is 22.8 Å². The summed E-state index contributed by atoms with van der Waals surface area (Å²) >= 11 is 0. The SMILES string of the molecule is Cc1ccccc1-c1n(-c2c(C(C)C)cc(-c3ccccc3)cc2C(C)C)c2ccccc2[n+]1C.Cc1ccccc1-c1n(-c2c(C(C)C)cc(-c3ccccc3)cc2C(C)C)cc[n+]1C.Cc1ccncc1-c1n(-c2c(C(C)C)cc(-c3ccccc3)cc2C(C)C)c2ccccc2[n+]1C.Cc1ccncc1-c1n(-c2c(C(C)C)cc(-c3ccccc3)cc2C(C)C)cc[n+]1C. The van der Waals surface area contributed by atoms with Gasteiger partial charge in [-0.2, -0.15) is 18.3 Å². The largest absolute Gasteiger partial charge is 0.296 e. The summed E-state index contributed by atoms with van der Waals surface area (Å²) in [7, 11) is 8.62. The van der Waals surface area contributed by atoms with Crippen LogP contribution in [0.4, 0.5) is 0 Å². The van der Waals surface area contributed by atoms with Crippen LogP contribution >= 0.6 is 0 Å². The minimum Gasteiger partial charge on any atom is -0.264 e. The summed E-state index contributed by atoms with van der Waals surface area (Å²) in [5.41, 5.74) is 41.2. The lowest BCUT2D eigenvalue weighted by atomic mass is 9.88. The number of rotatable bonds is 20. The molecule has 12 aromatic carbocycles. The Hall–Kier alpha value is -13.7. The van der Waals surface area contributed by atoms with Crippen molar-refractivity contribution in [3.05, 3.63) is 395 Å². The van der Waals surface area contributed by atoms with Gasteiger partial charge in [-0.15, -0.1) is 0 Å². The van der Waals surface area contributed by atoms with Crippen molar-refractivity contribution in [1.29, 1.82) is 0 Å². The molecular weight excluding hydrogens is 1610 g/mol. The molecule has 18 aromatic rings. The van der Waals surface area contributed by atoms with Crippen LogP contribution in [-0.4, -0.2) is 28.2 Å². The van der Waals surface area contributed by atoms with E-state index in [9.17, 15) is 0 Å². The summed E-state index contributed by atoms with van der Waals surface area (Å²) < 4.78 is 18.9. The number of hydrogen-bond acceptors (Lipinski definition) is 2. The molecule has 0 saturated carbocycles. The van der Waals surface area contributed by atoms with Crippen molar-refractivity contribution in [2.24, 2.45) is 28.2 Å². The molecule has 0 aliphatic carbocycles. The van der Waals surface area contributed by atoms with Crippen molar-refractivity contribution in [3.63, 3.8) is 0 Å². The molecule has 0 aliphatic rings. The lowest BCUT2D eigenvalue weighted by Gasteiger charge is -2.21.